The molecule has 4 nitrogen and oxygen atoms in total. The average Bonchev–Trinajstić information content (AvgIpc) is 2.31. The van der Waals surface area contributed by atoms with Crippen molar-refractivity contribution in [3.05, 3.63) is 45.0 Å². The maximum Gasteiger partial charge on any atom is 0.421 e. The van der Waals surface area contributed by atoms with E-state index in [0.29, 0.717) is 0 Å². The molecule has 82 valence electrons. The predicted octanol–water partition coefficient (Wildman–Crippen LogP) is 2.15. The van der Waals surface area contributed by atoms with Crippen molar-refractivity contribution in [1.29, 1.82) is 0 Å². The van der Waals surface area contributed by atoms with Crippen LogP contribution in [0.5, 0.6) is 0 Å². The molecule has 16 heavy (non-hydrogen) atoms. The topological polar surface area (TPSA) is 62.7 Å². The Hall–Kier alpha value is -1.46. The zero-order valence-corrected chi connectivity index (χ0v) is 10.7. The van der Waals surface area contributed by atoms with Gasteiger partial charge in [-0.2, -0.15) is 4.79 Å². The number of hydrogen-bond acceptors (Lipinski definition) is 2. The highest BCUT2D eigenvalue weighted by molar-refractivity contribution is 14.1. The van der Waals surface area contributed by atoms with Crippen molar-refractivity contribution in [3.63, 3.8) is 0 Å². The van der Waals surface area contributed by atoms with E-state index < -0.39 is 5.97 Å². The zero-order chi connectivity index (χ0) is 12.0. The lowest BCUT2D eigenvalue weighted by molar-refractivity contribution is -0.137. The van der Waals surface area contributed by atoms with E-state index in [1.165, 1.54) is 13.2 Å². The first-order chi connectivity index (χ1) is 7.67. The minimum atomic E-state index is -0.677. The van der Waals surface area contributed by atoms with Gasteiger partial charge in [0.15, 0.2) is 0 Å². The van der Waals surface area contributed by atoms with Gasteiger partial charge in [0.25, 0.3) is 0 Å². The van der Waals surface area contributed by atoms with Crippen LogP contribution in [0.4, 0.5) is 0 Å². The van der Waals surface area contributed by atoms with Crippen molar-refractivity contribution >= 4 is 40.3 Å². The molecular formula is C11H9IN2O2. The van der Waals surface area contributed by atoms with Crippen LogP contribution in [-0.4, -0.2) is 23.6 Å². The van der Waals surface area contributed by atoms with Gasteiger partial charge in [-0.1, -0.05) is 12.1 Å². The van der Waals surface area contributed by atoms with Gasteiger partial charge >= 0.3 is 11.7 Å². The normalized spacial score (nSPS) is 9.88. The monoisotopic (exact) mass is 328 g/mol. The molecule has 1 aromatic rings. The zero-order valence-electron chi connectivity index (χ0n) is 8.55. The first-order valence-electron chi connectivity index (χ1n) is 4.41. The van der Waals surface area contributed by atoms with Crippen LogP contribution in [0.1, 0.15) is 5.56 Å². The number of rotatable bonds is 3. The van der Waals surface area contributed by atoms with Crippen molar-refractivity contribution in [2.24, 2.45) is 0 Å². The lowest BCUT2D eigenvalue weighted by Gasteiger charge is -1.92. The highest BCUT2D eigenvalue weighted by atomic mass is 127. The number of hydrogen-bond donors (Lipinski definition) is 0. The third-order valence-corrected chi connectivity index (χ3v) is 2.53. The van der Waals surface area contributed by atoms with Gasteiger partial charge in [-0.3, -0.25) is 0 Å². The second-order valence-corrected chi connectivity index (χ2v) is 4.11. The summed E-state index contributed by atoms with van der Waals surface area (Å²) in [7, 11) is 1.23. The molecule has 0 aliphatic rings. The lowest BCUT2D eigenvalue weighted by atomic mass is 10.2. The molecule has 0 saturated carbocycles. The highest BCUT2D eigenvalue weighted by Crippen LogP contribution is 2.08. The molecule has 0 unspecified atom stereocenters. The van der Waals surface area contributed by atoms with E-state index in [1.807, 2.05) is 24.3 Å². The van der Waals surface area contributed by atoms with Gasteiger partial charge in [-0.25, -0.2) is 4.79 Å². The molecule has 0 fully saturated rings. The summed E-state index contributed by atoms with van der Waals surface area (Å²) in [5.74, 6) is -0.677. The second kappa shape index (κ2) is 6.19. The smallest absolute Gasteiger partial charge is 0.421 e. The first-order valence-corrected chi connectivity index (χ1v) is 5.49. The van der Waals surface area contributed by atoms with Crippen LogP contribution in [0, 0.1) is 3.57 Å². The largest absolute Gasteiger partial charge is 0.460 e. The Morgan fingerprint density at radius 3 is 2.56 bits per heavy atom. The molecule has 0 aliphatic heterocycles. The summed E-state index contributed by atoms with van der Waals surface area (Å²) < 4.78 is 5.55. The minimum Gasteiger partial charge on any atom is -0.460 e. The van der Waals surface area contributed by atoms with Crippen LogP contribution in [0.2, 0.25) is 0 Å². The maximum atomic E-state index is 11.1. The van der Waals surface area contributed by atoms with Gasteiger partial charge in [-0.15, -0.1) is 0 Å². The molecule has 1 rings (SSSR count). The standard InChI is InChI=1S/C11H9IN2O2/c1-16-11(15)10(14-13)7-4-8-2-5-9(12)6-3-8/h2-7H,1H3/b7-4+. The van der Waals surface area contributed by atoms with Crippen molar-refractivity contribution in [3.8, 4) is 0 Å². The van der Waals surface area contributed by atoms with Crippen LogP contribution in [0.3, 0.4) is 0 Å². The van der Waals surface area contributed by atoms with Crippen LogP contribution >= 0.6 is 22.6 Å². The molecule has 5 heteroatoms. The van der Waals surface area contributed by atoms with Gasteiger partial charge in [0.2, 0.25) is 0 Å². The van der Waals surface area contributed by atoms with E-state index >= 15 is 0 Å². The van der Waals surface area contributed by atoms with Gasteiger partial charge < -0.3 is 10.3 Å². The third-order valence-electron chi connectivity index (χ3n) is 1.81. The number of halogens is 1. The van der Waals surface area contributed by atoms with E-state index in [-0.39, 0.29) is 5.71 Å². The second-order valence-electron chi connectivity index (χ2n) is 2.86. The summed E-state index contributed by atoms with van der Waals surface area (Å²) in [5, 5.41) is 0. The Morgan fingerprint density at radius 1 is 1.44 bits per heavy atom. The van der Waals surface area contributed by atoms with Crippen molar-refractivity contribution in [2.45, 2.75) is 0 Å². The Bertz CT molecular complexity index is 459. The Kier molecular flexibility index (Phi) is 4.88. The average molecular weight is 328 g/mol. The number of benzene rings is 1. The number of nitrogens with zero attached hydrogens (tertiary/aromatic N) is 2. The van der Waals surface area contributed by atoms with Crippen LogP contribution in [0.25, 0.3) is 11.6 Å². The highest BCUT2D eigenvalue weighted by Gasteiger charge is 2.16. The van der Waals surface area contributed by atoms with Gasteiger partial charge in [0, 0.05) is 9.65 Å². The molecule has 0 heterocycles. The van der Waals surface area contributed by atoms with Crippen molar-refractivity contribution < 1.29 is 14.3 Å². The molecule has 1 aromatic carbocycles. The number of carbonyl (C=O) groups is 1. The maximum absolute atomic E-state index is 11.1. The van der Waals surface area contributed by atoms with E-state index in [9.17, 15) is 4.79 Å². The van der Waals surface area contributed by atoms with Gasteiger partial charge in [0.05, 0.1) is 7.11 Å². The predicted molar refractivity (Wildman–Crippen MR) is 68.8 cm³/mol. The lowest BCUT2D eigenvalue weighted by Crippen LogP contribution is -2.13. The Balaban J connectivity index is 2.84. The fraction of sp³-hybridized carbons (Fsp3) is 0.0909. The molecule has 0 bridgehead atoms. The van der Waals surface area contributed by atoms with E-state index in [2.05, 4.69) is 32.1 Å². The summed E-state index contributed by atoms with van der Waals surface area (Å²) in [6.07, 6.45) is 3.07. The molecule has 0 N–H and O–H groups in total. The van der Waals surface area contributed by atoms with Crippen LogP contribution in [0.15, 0.2) is 30.3 Å². The number of esters is 1. The third kappa shape index (κ3) is 3.60. The minimum absolute atomic E-state index is 0.138. The molecule has 0 saturated heterocycles. The molecule has 0 atom stereocenters. The molecule has 0 aliphatic carbocycles. The summed E-state index contributed by atoms with van der Waals surface area (Å²) in [6.45, 7) is 0. The molecule has 0 radical (unpaired) electrons. The van der Waals surface area contributed by atoms with Crippen LogP contribution in [-0.2, 0) is 9.53 Å². The first kappa shape index (κ1) is 12.6. The molecule has 0 amide bonds. The van der Waals surface area contributed by atoms with Gasteiger partial charge in [-0.05, 0) is 46.4 Å². The van der Waals surface area contributed by atoms with Crippen molar-refractivity contribution in [1.82, 2.24) is 0 Å². The molecular weight excluding hydrogens is 319 g/mol. The number of ether oxygens (including phenoxy) is 1. The van der Waals surface area contributed by atoms with Crippen molar-refractivity contribution in [2.75, 3.05) is 7.11 Å². The summed E-state index contributed by atoms with van der Waals surface area (Å²) in [5.41, 5.74) is 9.35. The fourth-order valence-corrected chi connectivity index (χ4v) is 1.36. The van der Waals surface area contributed by atoms with E-state index in [4.69, 9.17) is 5.53 Å². The summed E-state index contributed by atoms with van der Waals surface area (Å²) in [4.78, 5) is 13.9. The number of carbonyl (C=O) groups excluding carboxylic acids is 1. The van der Waals surface area contributed by atoms with Gasteiger partial charge in [0.1, 0.15) is 0 Å². The number of methoxy groups -OCH3 is 1. The molecule has 0 spiro atoms. The Morgan fingerprint density at radius 2 is 2.06 bits per heavy atom. The van der Waals surface area contributed by atoms with E-state index in [1.54, 1.807) is 6.08 Å². The molecule has 0 aromatic heterocycles. The fourth-order valence-electron chi connectivity index (χ4n) is 0.996. The summed E-state index contributed by atoms with van der Waals surface area (Å²) >= 11 is 2.20. The quantitative estimate of drug-likeness (QED) is 0.281. The summed E-state index contributed by atoms with van der Waals surface area (Å²) in [6, 6.07) is 7.66. The SMILES string of the molecule is COC(=O)C(/C=C/c1ccc(I)cc1)=[N+]=[N-]. The van der Waals surface area contributed by atoms with E-state index in [0.717, 1.165) is 9.13 Å². The Labute approximate surface area is 107 Å². The van der Waals surface area contributed by atoms with Crippen LogP contribution < -0.4 is 0 Å².